The molecule has 0 saturated carbocycles. The van der Waals surface area contributed by atoms with Gasteiger partial charge in [-0.1, -0.05) is 30.3 Å². The largest absolute Gasteiger partial charge is 0.466 e. The minimum atomic E-state index is -3.30. The summed E-state index contributed by atoms with van der Waals surface area (Å²) in [5, 5.41) is 0. The zero-order chi connectivity index (χ0) is 18.7. The topological polar surface area (TPSA) is 82.0 Å². The van der Waals surface area contributed by atoms with Gasteiger partial charge in [0.05, 0.1) is 11.5 Å². The SMILES string of the molecule is CCOC(=O)[C@@H]1N=C(c2ccccc2)O[C@H]1c1ccc(S(C)(=O)=O)cc1. The third kappa shape index (κ3) is 3.77. The molecule has 1 heterocycles. The van der Waals surface area contributed by atoms with Crippen molar-refractivity contribution in [2.75, 3.05) is 12.9 Å². The van der Waals surface area contributed by atoms with Gasteiger partial charge in [-0.3, -0.25) is 0 Å². The standard InChI is InChI=1S/C19H19NO5S/c1-3-24-19(21)16-17(13-9-11-15(12-10-13)26(2,22)23)25-18(20-16)14-7-5-4-6-8-14/h4-12,16-17H,3H2,1-2H3/t16-,17+/m1/s1. The Morgan fingerprint density at radius 1 is 1.12 bits per heavy atom. The molecule has 0 bridgehead atoms. The number of nitrogens with zero attached hydrogens (tertiary/aromatic N) is 1. The van der Waals surface area contributed by atoms with E-state index in [1.807, 2.05) is 30.3 Å². The average molecular weight is 373 g/mol. The minimum Gasteiger partial charge on any atom is -0.466 e. The highest BCUT2D eigenvalue weighted by atomic mass is 32.2. The molecule has 0 N–H and O–H groups in total. The molecule has 1 aliphatic rings. The van der Waals surface area contributed by atoms with Crippen molar-refractivity contribution in [2.45, 2.75) is 24.0 Å². The maximum Gasteiger partial charge on any atom is 0.335 e. The van der Waals surface area contributed by atoms with Crippen molar-refractivity contribution in [3.63, 3.8) is 0 Å². The molecule has 3 rings (SSSR count). The Kier molecular flexibility index (Phi) is 5.08. The number of carbonyl (C=O) groups is 1. The third-order valence-electron chi connectivity index (χ3n) is 3.97. The lowest BCUT2D eigenvalue weighted by Gasteiger charge is -2.17. The smallest absolute Gasteiger partial charge is 0.335 e. The number of hydrogen-bond donors (Lipinski definition) is 0. The van der Waals surface area contributed by atoms with Crippen LogP contribution in [-0.4, -0.2) is 39.2 Å². The molecule has 0 spiro atoms. The van der Waals surface area contributed by atoms with Crippen molar-refractivity contribution in [3.8, 4) is 0 Å². The summed E-state index contributed by atoms with van der Waals surface area (Å²) >= 11 is 0. The van der Waals surface area contributed by atoms with E-state index < -0.39 is 28.0 Å². The first-order valence-electron chi connectivity index (χ1n) is 8.16. The average Bonchev–Trinajstić information content (AvgIpc) is 3.07. The van der Waals surface area contributed by atoms with Crippen LogP contribution in [-0.2, 0) is 24.1 Å². The van der Waals surface area contributed by atoms with Gasteiger partial charge in [0.25, 0.3) is 0 Å². The fourth-order valence-corrected chi connectivity index (χ4v) is 3.32. The summed E-state index contributed by atoms with van der Waals surface area (Å²) in [6, 6.07) is 14.7. The predicted molar refractivity (Wildman–Crippen MR) is 96.8 cm³/mol. The number of carbonyl (C=O) groups excluding carboxylic acids is 1. The number of benzene rings is 2. The van der Waals surface area contributed by atoms with Crippen LogP contribution in [0.1, 0.15) is 24.2 Å². The van der Waals surface area contributed by atoms with E-state index in [1.165, 1.54) is 12.1 Å². The second-order valence-corrected chi connectivity index (χ2v) is 7.89. The Morgan fingerprint density at radius 3 is 2.35 bits per heavy atom. The number of esters is 1. The molecule has 26 heavy (non-hydrogen) atoms. The van der Waals surface area contributed by atoms with Crippen LogP contribution in [0.3, 0.4) is 0 Å². The lowest BCUT2D eigenvalue weighted by atomic mass is 10.0. The first kappa shape index (κ1) is 18.1. The van der Waals surface area contributed by atoms with E-state index >= 15 is 0 Å². The zero-order valence-corrected chi connectivity index (χ0v) is 15.3. The van der Waals surface area contributed by atoms with E-state index in [2.05, 4.69) is 4.99 Å². The molecule has 0 amide bonds. The van der Waals surface area contributed by atoms with Crippen LogP contribution in [0.2, 0.25) is 0 Å². The highest BCUT2D eigenvalue weighted by molar-refractivity contribution is 7.90. The molecule has 7 heteroatoms. The Morgan fingerprint density at radius 2 is 1.77 bits per heavy atom. The summed E-state index contributed by atoms with van der Waals surface area (Å²) in [6.07, 6.45) is 0.476. The van der Waals surface area contributed by atoms with E-state index in [-0.39, 0.29) is 11.5 Å². The summed E-state index contributed by atoms with van der Waals surface area (Å²) in [6.45, 7) is 1.97. The van der Waals surface area contributed by atoms with Crippen molar-refractivity contribution in [2.24, 2.45) is 4.99 Å². The number of hydrogen-bond acceptors (Lipinski definition) is 6. The summed E-state index contributed by atoms with van der Waals surface area (Å²) in [5.41, 5.74) is 1.42. The molecule has 0 fully saturated rings. The van der Waals surface area contributed by atoms with Gasteiger partial charge in [-0.2, -0.15) is 0 Å². The van der Waals surface area contributed by atoms with E-state index in [9.17, 15) is 13.2 Å². The third-order valence-corrected chi connectivity index (χ3v) is 5.10. The van der Waals surface area contributed by atoms with E-state index in [0.717, 1.165) is 11.8 Å². The summed E-state index contributed by atoms with van der Waals surface area (Å²) in [5.74, 6) is -0.114. The van der Waals surface area contributed by atoms with Crippen molar-refractivity contribution < 1.29 is 22.7 Å². The Labute approximate surface area is 152 Å². The Balaban J connectivity index is 1.93. The van der Waals surface area contributed by atoms with Crippen molar-refractivity contribution >= 4 is 21.7 Å². The zero-order valence-electron chi connectivity index (χ0n) is 14.5. The molecule has 2 aromatic carbocycles. The molecule has 6 nitrogen and oxygen atoms in total. The van der Waals surface area contributed by atoms with Crippen molar-refractivity contribution in [1.82, 2.24) is 0 Å². The molecule has 136 valence electrons. The van der Waals surface area contributed by atoms with Crippen molar-refractivity contribution in [3.05, 3.63) is 65.7 Å². The molecule has 0 aliphatic carbocycles. The van der Waals surface area contributed by atoms with Gasteiger partial charge in [0.1, 0.15) is 0 Å². The second kappa shape index (κ2) is 7.29. The van der Waals surface area contributed by atoms with Gasteiger partial charge < -0.3 is 9.47 Å². The van der Waals surface area contributed by atoms with E-state index in [4.69, 9.17) is 9.47 Å². The van der Waals surface area contributed by atoms with E-state index in [0.29, 0.717) is 11.5 Å². The Bertz CT molecular complexity index is 920. The van der Waals surface area contributed by atoms with Crippen LogP contribution >= 0.6 is 0 Å². The summed E-state index contributed by atoms with van der Waals surface area (Å²) in [7, 11) is -3.30. The van der Waals surface area contributed by atoms with E-state index in [1.54, 1.807) is 19.1 Å². The van der Waals surface area contributed by atoms with Crippen LogP contribution in [0.15, 0.2) is 64.5 Å². The van der Waals surface area contributed by atoms with Gasteiger partial charge in [0.15, 0.2) is 22.0 Å². The molecule has 2 aromatic rings. The maximum atomic E-state index is 12.3. The van der Waals surface area contributed by atoms with Gasteiger partial charge >= 0.3 is 5.97 Å². The van der Waals surface area contributed by atoms with Gasteiger partial charge in [-0.15, -0.1) is 0 Å². The minimum absolute atomic E-state index is 0.205. The van der Waals surface area contributed by atoms with Gasteiger partial charge in [-0.25, -0.2) is 18.2 Å². The van der Waals surface area contributed by atoms with Crippen molar-refractivity contribution in [1.29, 1.82) is 0 Å². The highest BCUT2D eigenvalue weighted by Gasteiger charge is 2.39. The van der Waals surface area contributed by atoms with Crippen LogP contribution in [0.25, 0.3) is 0 Å². The summed E-state index contributed by atoms with van der Waals surface area (Å²) < 4.78 is 34.3. The summed E-state index contributed by atoms with van der Waals surface area (Å²) in [4.78, 5) is 16.9. The molecule has 0 saturated heterocycles. The molecular formula is C19H19NO5S. The van der Waals surface area contributed by atoms with Gasteiger partial charge in [0.2, 0.25) is 5.90 Å². The molecule has 0 unspecified atom stereocenters. The number of rotatable bonds is 5. The molecule has 0 aromatic heterocycles. The first-order valence-corrected chi connectivity index (χ1v) is 10.1. The normalized spacial score (nSPS) is 19.5. The van der Waals surface area contributed by atoms with Crippen LogP contribution in [0.4, 0.5) is 0 Å². The lowest BCUT2D eigenvalue weighted by Crippen LogP contribution is -2.26. The first-order chi connectivity index (χ1) is 12.4. The highest BCUT2D eigenvalue weighted by Crippen LogP contribution is 2.32. The predicted octanol–water partition coefficient (Wildman–Crippen LogP) is 2.54. The molecule has 2 atom stereocenters. The maximum absolute atomic E-state index is 12.3. The van der Waals surface area contributed by atoms with Gasteiger partial charge in [-0.05, 0) is 36.8 Å². The number of aliphatic imine (C=N–C) groups is 1. The fraction of sp³-hybridized carbons (Fsp3) is 0.263. The Hall–Kier alpha value is -2.67. The molecule has 0 radical (unpaired) electrons. The lowest BCUT2D eigenvalue weighted by molar-refractivity contribution is -0.146. The van der Waals surface area contributed by atoms with Gasteiger partial charge in [0, 0.05) is 11.8 Å². The molecular weight excluding hydrogens is 354 g/mol. The monoisotopic (exact) mass is 373 g/mol. The number of ether oxygens (including phenoxy) is 2. The van der Waals surface area contributed by atoms with Crippen LogP contribution < -0.4 is 0 Å². The fourth-order valence-electron chi connectivity index (χ4n) is 2.69. The number of sulfone groups is 1. The quantitative estimate of drug-likeness (QED) is 0.752. The second-order valence-electron chi connectivity index (χ2n) is 5.88. The molecule has 1 aliphatic heterocycles. The van der Waals surface area contributed by atoms with Crippen LogP contribution in [0, 0.1) is 0 Å². The van der Waals surface area contributed by atoms with Crippen LogP contribution in [0.5, 0.6) is 0 Å².